The summed E-state index contributed by atoms with van der Waals surface area (Å²) in [7, 11) is 0. The van der Waals surface area contributed by atoms with Crippen molar-refractivity contribution >= 4 is 17.5 Å². The van der Waals surface area contributed by atoms with E-state index >= 15 is 0 Å². The number of nitrogens with zero attached hydrogens (tertiary/aromatic N) is 1. The molecule has 21 heavy (non-hydrogen) atoms. The second kappa shape index (κ2) is 7.11. The van der Waals surface area contributed by atoms with E-state index in [0.29, 0.717) is 5.56 Å². The van der Waals surface area contributed by atoms with Gasteiger partial charge in [0.15, 0.2) is 0 Å². The van der Waals surface area contributed by atoms with Crippen LogP contribution in [0, 0.1) is 0 Å². The fourth-order valence-corrected chi connectivity index (χ4v) is 2.45. The fraction of sp³-hybridized carbons (Fsp3) is 0.500. The zero-order valence-corrected chi connectivity index (χ0v) is 12.7. The number of rotatable bonds is 5. The molecule has 0 aromatic heterocycles. The van der Waals surface area contributed by atoms with Gasteiger partial charge in [-0.1, -0.05) is 12.1 Å². The molecule has 0 atom stereocenters. The van der Waals surface area contributed by atoms with Crippen LogP contribution in [0.3, 0.4) is 0 Å². The highest BCUT2D eigenvalue weighted by atomic mass is 16.2. The van der Waals surface area contributed by atoms with Crippen molar-refractivity contribution < 1.29 is 9.59 Å². The van der Waals surface area contributed by atoms with Gasteiger partial charge in [-0.3, -0.25) is 9.59 Å². The van der Waals surface area contributed by atoms with Crippen LogP contribution in [0.2, 0.25) is 0 Å². The van der Waals surface area contributed by atoms with Gasteiger partial charge in [0.05, 0.1) is 12.1 Å². The first-order chi connectivity index (χ1) is 10.1. The first kappa shape index (κ1) is 15.4. The van der Waals surface area contributed by atoms with E-state index in [2.05, 4.69) is 10.6 Å². The first-order valence-corrected chi connectivity index (χ1v) is 7.49. The van der Waals surface area contributed by atoms with Crippen molar-refractivity contribution in [2.75, 3.05) is 25.0 Å². The molecule has 114 valence electrons. The Morgan fingerprint density at radius 2 is 1.86 bits per heavy atom. The van der Waals surface area contributed by atoms with Gasteiger partial charge in [0.1, 0.15) is 0 Å². The molecule has 5 nitrogen and oxygen atoms in total. The molecular weight excluding hydrogens is 266 g/mol. The van der Waals surface area contributed by atoms with Gasteiger partial charge in [0.2, 0.25) is 5.91 Å². The van der Waals surface area contributed by atoms with Crippen LogP contribution in [-0.2, 0) is 4.79 Å². The van der Waals surface area contributed by atoms with Crippen LogP contribution in [0.15, 0.2) is 24.3 Å². The van der Waals surface area contributed by atoms with Crippen molar-refractivity contribution in [3.05, 3.63) is 29.8 Å². The van der Waals surface area contributed by atoms with Crippen LogP contribution in [0.1, 0.15) is 37.0 Å². The van der Waals surface area contributed by atoms with Gasteiger partial charge < -0.3 is 15.5 Å². The van der Waals surface area contributed by atoms with Crippen LogP contribution < -0.4 is 10.6 Å². The normalized spacial score (nSPS) is 14.3. The molecular formula is C16H23N3O2. The maximum atomic E-state index is 12.2. The number of carbonyl (C=O) groups excluding carboxylic acids is 2. The number of likely N-dealkylation sites (tertiary alicyclic amines) is 1. The molecule has 2 N–H and O–H groups in total. The highest BCUT2D eigenvalue weighted by Crippen LogP contribution is 2.16. The van der Waals surface area contributed by atoms with Crippen molar-refractivity contribution in [3.63, 3.8) is 0 Å². The Hall–Kier alpha value is -2.04. The molecule has 1 aliphatic rings. The van der Waals surface area contributed by atoms with Crippen molar-refractivity contribution in [2.24, 2.45) is 0 Å². The largest absolute Gasteiger partial charge is 0.382 e. The third kappa shape index (κ3) is 4.21. The highest BCUT2D eigenvalue weighted by molar-refractivity contribution is 6.01. The lowest BCUT2D eigenvalue weighted by Gasteiger charge is -2.17. The standard InChI is InChI=1S/C16H23N3O2/c1-12(2)18-14-8-4-3-7-13(14)16(21)17-11-15(20)19-9-5-6-10-19/h3-4,7-8,12,18H,5-6,9-11H2,1-2H3,(H,17,21). The minimum absolute atomic E-state index is 0.00449. The molecule has 1 aromatic carbocycles. The van der Waals surface area contributed by atoms with Gasteiger partial charge in [0, 0.05) is 24.8 Å². The molecule has 2 amide bonds. The number of carbonyl (C=O) groups is 2. The van der Waals surface area contributed by atoms with Crippen LogP contribution in [0.4, 0.5) is 5.69 Å². The predicted molar refractivity (Wildman–Crippen MR) is 83.3 cm³/mol. The van der Waals surface area contributed by atoms with E-state index in [1.165, 1.54) is 0 Å². The fourth-order valence-electron chi connectivity index (χ4n) is 2.45. The Balaban J connectivity index is 1.95. The van der Waals surface area contributed by atoms with Gasteiger partial charge in [-0.15, -0.1) is 0 Å². The van der Waals surface area contributed by atoms with Gasteiger partial charge in [-0.05, 0) is 38.8 Å². The minimum Gasteiger partial charge on any atom is -0.382 e. The van der Waals surface area contributed by atoms with Crippen LogP contribution in [-0.4, -0.2) is 42.4 Å². The molecule has 0 unspecified atom stereocenters. The molecule has 2 rings (SSSR count). The lowest BCUT2D eigenvalue weighted by molar-refractivity contribution is -0.129. The van der Waals surface area contributed by atoms with E-state index in [4.69, 9.17) is 0 Å². The maximum absolute atomic E-state index is 12.2. The lowest BCUT2D eigenvalue weighted by atomic mass is 10.1. The number of nitrogens with one attached hydrogen (secondary N) is 2. The number of anilines is 1. The number of hydrogen-bond donors (Lipinski definition) is 2. The molecule has 0 bridgehead atoms. The number of para-hydroxylation sites is 1. The lowest BCUT2D eigenvalue weighted by Crippen LogP contribution is -2.38. The third-order valence-electron chi connectivity index (χ3n) is 3.47. The summed E-state index contributed by atoms with van der Waals surface area (Å²) >= 11 is 0. The quantitative estimate of drug-likeness (QED) is 0.870. The molecule has 0 aliphatic carbocycles. The SMILES string of the molecule is CC(C)Nc1ccccc1C(=O)NCC(=O)N1CCCC1. The van der Waals surface area contributed by atoms with Gasteiger partial charge >= 0.3 is 0 Å². The molecule has 1 aliphatic heterocycles. The molecule has 1 aromatic rings. The number of amides is 2. The molecule has 5 heteroatoms. The van der Waals surface area contributed by atoms with Gasteiger partial charge in [0.25, 0.3) is 5.91 Å². The Labute approximate surface area is 125 Å². The van der Waals surface area contributed by atoms with Crippen molar-refractivity contribution in [3.8, 4) is 0 Å². The van der Waals surface area contributed by atoms with Crippen LogP contribution in [0.25, 0.3) is 0 Å². The second-order valence-corrected chi connectivity index (χ2v) is 5.62. The summed E-state index contributed by atoms with van der Waals surface area (Å²) in [6.45, 7) is 5.71. The Morgan fingerprint density at radius 3 is 2.52 bits per heavy atom. The molecule has 0 saturated carbocycles. The molecule has 1 saturated heterocycles. The summed E-state index contributed by atoms with van der Waals surface area (Å²) in [5.41, 5.74) is 1.36. The third-order valence-corrected chi connectivity index (χ3v) is 3.47. The topological polar surface area (TPSA) is 61.4 Å². The summed E-state index contributed by atoms with van der Waals surface area (Å²) in [6.07, 6.45) is 2.11. The average Bonchev–Trinajstić information content (AvgIpc) is 2.98. The summed E-state index contributed by atoms with van der Waals surface area (Å²) in [5, 5.41) is 5.96. The smallest absolute Gasteiger partial charge is 0.253 e. The van der Waals surface area contributed by atoms with Crippen molar-refractivity contribution in [1.29, 1.82) is 0 Å². The summed E-state index contributed by atoms with van der Waals surface area (Å²) in [4.78, 5) is 26.0. The zero-order valence-electron chi connectivity index (χ0n) is 12.7. The van der Waals surface area contributed by atoms with Crippen LogP contribution >= 0.6 is 0 Å². The predicted octanol–water partition coefficient (Wildman–Crippen LogP) is 1.86. The zero-order chi connectivity index (χ0) is 15.2. The molecule has 1 fully saturated rings. The Morgan fingerprint density at radius 1 is 1.19 bits per heavy atom. The summed E-state index contributed by atoms with van der Waals surface area (Å²) in [6, 6.07) is 7.59. The van der Waals surface area contributed by atoms with Crippen molar-refractivity contribution in [2.45, 2.75) is 32.7 Å². The number of benzene rings is 1. The minimum atomic E-state index is -0.216. The van der Waals surface area contributed by atoms with Gasteiger partial charge in [-0.2, -0.15) is 0 Å². The van der Waals surface area contributed by atoms with E-state index in [9.17, 15) is 9.59 Å². The molecule has 1 heterocycles. The summed E-state index contributed by atoms with van der Waals surface area (Å²) < 4.78 is 0. The Bertz CT molecular complexity index is 508. The van der Waals surface area contributed by atoms with E-state index in [0.717, 1.165) is 31.6 Å². The molecule has 0 spiro atoms. The molecule has 0 radical (unpaired) electrons. The van der Waals surface area contributed by atoms with E-state index in [1.807, 2.05) is 32.0 Å². The second-order valence-electron chi connectivity index (χ2n) is 5.62. The Kier molecular flexibility index (Phi) is 5.20. The average molecular weight is 289 g/mol. The van der Waals surface area contributed by atoms with E-state index in [-0.39, 0.29) is 24.4 Å². The summed E-state index contributed by atoms with van der Waals surface area (Å²) in [5.74, 6) is -0.221. The van der Waals surface area contributed by atoms with Crippen molar-refractivity contribution in [1.82, 2.24) is 10.2 Å². The monoisotopic (exact) mass is 289 g/mol. The number of hydrogen-bond acceptors (Lipinski definition) is 3. The highest BCUT2D eigenvalue weighted by Gasteiger charge is 2.19. The van der Waals surface area contributed by atoms with Crippen LogP contribution in [0.5, 0.6) is 0 Å². The van der Waals surface area contributed by atoms with E-state index < -0.39 is 0 Å². The van der Waals surface area contributed by atoms with Gasteiger partial charge in [-0.25, -0.2) is 0 Å². The van der Waals surface area contributed by atoms with E-state index in [1.54, 1.807) is 11.0 Å². The first-order valence-electron chi connectivity index (χ1n) is 7.49. The maximum Gasteiger partial charge on any atom is 0.253 e.